The third-order valence-electron chi connectivity index (χ3n) is 7.32. The first-order chi connectivity index (χ1) is 20.4. The van der Waals surface area contributed by atoms with Crippen LogP contribution in [-0.2, 0) is 32.6 Å². The van der Waals surface area contributed by atoms with E-state index in [-0.39, 0.29) is 48.8 Å². The zero-order valence-corrected chi connectivity index (χ0v) is 27.1. The summed E-state index contributed by atoms with van der Waals surface area (Å²) in [4.78, 5) is 29.3. The standard InChI is InChI=1S/C33H42ClN3O5S/c1-6-25(3)35-33(39)30(21-26-11-8-7-9-12-26)36(23-27-16-14-24(2)15-17-27)32(38)13-10-20-37(43(5,40)41)28-18-19-31(42-4)29(34)22-28/h7-9,11-12,14-19,22,25,30H,6,10,13,20-21,23H2,1-5H3,(H,35,39). The SMILES string of the molecule is CCC(C)NC(=O)C(Cc1ccccc1)N(Cc1ccc(C)cc1)C(=O)CCCN(c1ccc(OC)c(Cl)c1)S(C)(=O)=O. The maximum atomic E-state index is 14.0. The van der Waals surface area contributed by atoms with Crippen molar-refractivity contribution in [1.82, 2.24) is 10.2 Å². The number of carbonyl (C=O) groups excluding carboxylic acids is 2. The van der Waals surface area contributed by atoms with E-state index in [0.29, 0.717) is 17.9 Å². The predicted molar refractivity (Wildman–Crippen MR) is 173 cm³/mol. The number of nitrogens with one attached hydrogen (secondary N) is 1. The first-order valence-electron chi connectivity index (χ1n) is 14.4. The highest BCUT2D eigenvalue weighted by molar-refractivity contribution is 7.92. The summed E-state index contributed by atoms with van der Waals surface area (Å²) in [5, 5.41) is 3.35. The Kier molecular flexibility index (Phi) is 12.5. The molecule has 2 amide bonds. The van der Waals surface area contributed by atoms with E-state index in [2.05, 4.69) is 5.32 Å². The van der Waals surface area contributed by atoms with Gasteiger partial charge in [0.25, 0.3) is 0 Å². The van der Waals surface area contributed by atoms with Crippen molar-refractivity contribution in [2.24, 2.45) is 0 Å². The minimum absolute atomic E-state index is 0.0453. The highest BCUT2D eigenvalue weighted by atomic mass is 35.5. The molecule has 0 aliphatic heterocycles. The van der Waals surface area contributed by atoms with Crippen LogP contribution < -0.4 is 14.4 Å². The second kappa shape index (κ2) is 15.8. The number of amides is 2. The van der Waals surface area contributed by atoms with Gasteiger partial charge in [0.15, 0.2) is 0 Å². The minimum Gasteiger partial charge on any atom is -0.495 e. The van der Waals surface area contributed by atoms with Crippen LogP contribution in [0.5, 0.6) is 5.75 Å². The van der Waals surface area contributed by atoms with E-state index in [4.69, 9.17) is 16.3 Å². The summed E-state index contributed by atoms with van der Waals surface area (Å²) < 4.78 is 31.8. The van der Waals surface area contributed by atoms with E-state index in [9.17, 15) is 18.0 Å². The average molecular weight is 628 g/mol. The molecule has 0 fully saturated rings. The summed E-state index contributed by atoms with van der Waals surface area (Å²) >= 11 is 6.27. The molecule has 1 N–H and O–H groups in total. The monoisotopic (exact) mass is 627 g/mol. The molecule has 0 aliphatic carbocycles. The number of ether oxygens (including phenoxy) is 1. The number of nitrogens with zero attached hydrogens (tertiary/aromatic N) is 2. The van der Waals surface area contributed by atoms with Gasteiger partial charge in [-0.15, -0.1) is 0 Å². The van der Waals surface area contributed by atoms with E-state index in [1.165, 1.54) is 17.5 Å². The van der Waals surface area contributed by atoms with E-state index < -0.39 is 16.1 Å². The minimum atomic E-state index is -3.67. The van der Waals surface area contributed by atoms with Crippen LogP contribution in [0.2, 0.25) is 5.02 Å². The van der Waals surface area contributed by atoms with Crippen LogP contribution >= 0.6 is 11.6 Å². The summed E-state index contributed by atoms with van der Waals surface area (Å²) in [6, 6.07) is 21.5. The molecular weight excluding hydrogens is 586 g/mol. The van der Waals surface area contributed by atoms with Crippen LogP contribution in [0.4, 0.5) is 5.69 Å². The average Bonchev–Trinajstić information content (AvgIpc) is 2.97. The fourth-order valence-electron chi connectivity index (χ4n) is 4.70. The number of sulfonamides is 1. The summed E-state index contributed by atoms with van der Waals surface area (Å²) in [6.07, 6.45) is 2.51. The van der Waals surface area contributed by atoms with Crippen LogP contribution in [0, 0.1) is 6.92 Å². The quantitative estimate of drug-likeness (QED) is 0.231. The fourth-order valence-corrected chi connectivity index (χ4v) is 5.91. The van der Waals surface area contributed by atoms with Crippen LogP contribution in [0.3, 0.4) is 0 Å². The van der Waals surface area contributed by atoms with Crippen LogP contribution in [0.25, 0.3) is 0 Å². The Balaban J connectivity index is 1.89. The van der Waals surface area contributed by atoms with Crippen molar-refractivity contribution in [1.29, 1.82) is 0 Å². The molecule has 0 saturated heterocycles. The molecule has 3 rings (SSSR count). The van der Waals surface area contributed by atoms with Crippen molar-refractivity contribution in [3.63, 3.8) is 0 Å². The lowest BCUT2D eigenvalue weighted by Gasteiger charge is -2.32. The van der Waals surface area contributed by atoms with Gasteiger partial charge in [-0.1, -0.05) is 78.7 Å². The molecule has 43 heavy (non-hydrogen) atoms. The highest BCUT2D eigenvalue weighted by Gasteiger charge is 2.31. The van der Waals surface area contributed by atoms with Crippen molar-refractivity contribution in [3.05, 3.63) is 94.5 Å². The van der Waals surface area contributed by atoms with Gasteiger partial charge in [-0.3, -0.25) is 13.9 Å². The third-order valence-corrected chi connectivity index (χ3v) is 8.81. The molecule has 0 spiro atoms. The number of hydrogen-bond donors (Lipinski definition) is 1. The number of anilines is 1. The molecule has 0 saturated carbocycles. The number of hydrogen-bond acceptors (Lipinski definition) is 5. The van der Waals surface area contributed by atoms with Gasteiger partial charge < -0.3 is 15.0 Å². The Morgan fingerprint density at radius 2 is 1.67 bits per heavy atom. The molecule has 0 aliphatic rings. The Labute approximate surface area is 261 Å². The van der Waals surface area contributed by atoms with Gasteiger partial charge in [0.2, 0.25) is 21.8 Å². The number of aryl methyl sites for hydroxylation is 1. The first kappa shape index (κ1) is 33.9. The maximum absolute atomic E-state index is 14.0. The second-order valence-corrected chi connectivity index (χ2v) is 13.1. The van der Waals surface area contributed by atoms with E-state index in [1.807, 2.05) is 75.4 Å². The largest absolute Gasteiger partial charge is 0.495 e. The molecule has 0 bridgehead atoms. The smallest absolute Gasteiger partial charge is 0.243 e. The van der Waals surface area contributed by atoms with Crippen LogP contribution in [-0.4, -0.2) is 57.1 Å². The molecule has 0 aromatic heterocycles. The first-order valence-corrected chi connectivity index (χ1v) is 16.7. The normalized spacial score (nSPS) is 12.7. The van der Waals surface area contributed by atoms with Gasteiger partial charge >= 0.3 is 0 Å². The molecule has 3 aromatic carbocycles. The Morgan fingerprint density at radius 3 is 2.26 bits per heavy atom. The molecule has 232 valence electrons. The fraction of sp³-hybridized carbons (Fsp3) is 0.394. The van der Waals surface area contributed by atoms with Gasteiger partial charge in [-0.2, -0.15) is 0 Å². The van der Waals surface area contributed by atoms with Crippen LogP contribution in [0.1, 0.15) is 49.8 Å². The predicted octanol–water partition coefficient (Wildman–Crippen LogP) is 5.76. The van der Waals surface area contributed by atoms with E-state index in [1.54, 1.807) is 17.0 Å². The zero-order chi connectivity index (χ0) is 31.6. The topological polar surface area (TPSA) is 96.0 Å². The number of methoxy groups -OCH3 is 1. The number of rotatable bonds is 15. The number of carbonyl (C=O) groups is 2. The second-order valence-electron chi connectivity index (χ2n) is 10.8. The molecule has 10 heteroatoms. The zero-order valence-electron chi connectivity index (χ0n) is 25.5. The Hall–Kier alpha value is -3.56. The molecular formula is C33H42ClN3O5S. The Morgan fingerprint density at radius 1 is 1.00 bits per heavy atom. The number of benzene rings is 3. The summed E-state index contributed by atoms with van der Waals surface area (Å²) in [6.45, 7) is 6.24. The van der Waals surface area contributed by atoms with Gasteiger partial charge in [-0.05, 0) is 56.0 Å². The van der Waals surface area contributed by atoms with Gasteiger partial charge in [0, 0.05) is 32.0 Å². The maximum Gasteiger partial charge on any atom is 0.243 e. The lowest BCUT2D eigenvalue weighted by molar-refractivity contribution is -0.141. The lowest BCUT2D eigenvalue weighted by Crippen LogP contribution is -2.52. The van der Waals surface area contributed by atoms with Gasteiger partial charge in [-0.25, -0.2) is 8.42 Å². The van der Waals surface area contributed by atoms with Crippen molar-refractivity contribution < 1.29 is 22.7 Å². The summed E-state index contributed by atoms with van der Waals surface area (Å²) in [5.74, 6) is -0.0211. The molecule has 2 atom stereocenters. The number of halogens is 1. The Bertz CT molecular complexity index is 1470. The molecule has 8 nitrogen and oxygen atoms in total. The highest BCUT2D eigenvalue weighted by Crippen LogP contribution is 2.30. The molecule has 3 aromatic rings. The van der Waals surface area contributed by atoms with E-state index >= 15 is 0 Å². The lowest BCUT2D eigenvalue weighted by atomic mass is 10.0. The summed E-state index contributed by atoms with van der Waals surface area (Å²) in [5.41, 5.74) is 3.32. The van der Waals surface area contributed by atoms with Gasteiger partial charge in [0.1, 0.15) is 11.8 Å². The summed E-state index contributed by atoms with van der Waals surface area (Å²) in [7, 11) is -2.18. The third kappa shape index (κ3) is 10.0. The van der Waals surface area contributed by atoms with Gasteiger partial charge in [0.05, 0.1) is 24.1 Å². The molecule has 0 heterocycles. The van der Waals surface area contributed by atoms with Crippen molar-refractivity contribution in [2.45, 2.75) is 65.1 Å². The van der Waals surface area contributed by atoms with E-state index in [0.717, 1.165) is 29.4 Å². The van der Waals surface area contributed by atoms with Crippen molar-refractivity contribution >= 4 is 39.1 Å². The van der Waals surface area contributed by atoms with Crippen molar-refractivity contribution in [2.75, 3.05) is 24.2 Å². The van der Waals surface area contributed by atoms with Crippen molar-refractivity contribution in [3.8, 4) is 5.75 Å². The molecule has 2 unspecified atom stereocenters. The van der Waals surface area contributed by atoms with Crippen LogP contribution in [0.15, 0.2) is 72.8 Å². The molecule has 0 radical (unpaired) electrons.